The molecule has 2 rings (SSSR count). The van der Waals surface area contributed by atoms with E-state index in [2.05, 4.69) is 6.03 Å². The molecule has 10 heteroatoms. The van der Waals surface area contributed by atoms with Gasteiger partial charge < -0.3 is 15.9 Å². The van der Waals surface area contributed by atoms with Crippen LogP contribution in [0.3, 0.4) is 0 Å². The normalized spacial score (nSPS) is 19.3. The predicted octanol–water partition coefficient (Wildman–Crippen LogP) is -0.683. The van der Waals surface area contributed by atoms with Crippen LogP contribution >= 0.6 is 0 Å². The average molecular weight is 425 g/mol. The summed E-state index contributed by atoms with van der Waals surface area (Å²) in [6, 6.07) is 7.48. The van der Waals surface area contributed by atoms with E-state index in [1.54, 1.807) is 0 Å². The van der Waals surface area contributed by atoms with Crippen LogP contribution in [0.4, 0.5) is 5.69 Å². The van der Waals surface area contributed by atoms with Gasteiger partial charge in [0.15, 0.2) is 0 Å². The fourth-order valence-electron chi connectivity index (χ4n) is 1.34. The van der Waals surface area contributed by atoms with Gasteiger partial charge in [-0.15, -0.1) is 0 Å². The first-order valence-electron chi connectivity index (χ1n) is 5.92. The molecule has 1 aromatic carbocycles. The minimum atomic E-state index is -1.49. The van der Waals surface area contributed by atoms with Crippen molar-refractivity contribution in [3.05, 3.63) is 24.3 Å². The van der Waals surface area contributed by atoms with Crippen LogP contribution in [-0.2, 0) is 15.6 Å². The molecule has 1 radical (unpaired) electrons. The van der Waals surface area contributed by atoms with Crippen molar-refractivity contribution in [3.8, 4) is 5.75 Å². The average Bonchev–Trinajstić information content (AvgIpc) is 2.92. The van der Waals surface area contributed by atoms with E-state index in [1.165, 1.54) is 0 Å². The van der Waals surface area contributed by atoms with Gasteiger partial charge in [-0.2, -0.15) is 0 Å². The number of nitrogen functional groups attached to an aromatic ring is 1. The molecule has 1 aliphatic heterocycles. The molecule has 123 valence electrons. The summed E-state index contributed by atoms with van der Waals surface area (Å²) in [7, 11) is 0. The molecule has 1 fully saturated rings. The van der Waals surface area contributed by atoms with E-state index in [-0.39, 0.29) is 5.48 Å². The summed E-state index contributed by atoms with van der Waals surface area (Å²) in [5.74, 6) is -1.80. The second-order valence-electron chi connectivity index (χ2n) is 3.77. The van der Waals surface area contributed by atoms with E-state index in [0.29, 0.717) is 12.3 Å². The molecule has 0 aromatic heterocycles. The number of hydrogen-bond donors (Lipinski definition) is 3. The molecule has 9 nitrogen and oxygen atoms in total. The van der Waals surface area contributed by atoms with E-state index in [4.69, 9.17) is 20.7 Å². The molecule has 0 bridgehead atoms. The number of carbonyl (C=O) groups is 2. The van der Waals surface area contributed by atoms with E-state index in [0.717, 1.165) is 5.75 Å². The molecule has 0 saturated carbocycles. The van der Waals surface area contributed by atoms with Gasteiger partial charge >= 0.3 is 72.4 Å². The van der Waals surface area contributed by atoms with Gasteiger partial charge in [0.25, 0.3) is 0 Å². The summed E-state index contributed by atoms with van der Waals surface area (Å²) < 4.78 is 14.5. The molecular formula is C12H17NO8Sb. The van der Waals surface area contributed by atoms with Gasteiger partial charge in [0.05, 0.1) is 12.3 Å². The standard InChI is InChI=1S/C8H11NO.C4H4O6.H2O.Sb/c1-2-10-8-6-4-3-5-7(8)9;5-1(3(7)8)2(6)4(9)10;;/h3-6H,2,9H2,1H3;1-2H,(H,7,8)(H,9,10);1H2;/q;-2;;+2. The van der Waals surface area contributed by atoms with Crippen LogP contribution in [0.1, 0.15) is 6.92 Å². The molecule has 0 aliphatic carbocycles. The summed E-state index contributed by atoms with van der Waals surface area (Å²) in [6.45, 7) is 2.60. The quantitative estimate of drug-likeness (QED) is 0.423. The van der Waals surface area contributed by atoms with Crippen molar-refractivity contribution < 1.29 is 36.0 Å². The number of carboxylic acid groups (broad SMARTS) is 2. The fraction of sp³-hybridized carbons (Fsp3) is 0.333. The van der Waals surface area contributed by atoms with E-state index >= 15 is 0 Å². The zero-order valence-electron chi connectivity index (χ0n) is 11.6. The minimum absolute atomic E-state index is 0. The van der Waals surface area contributed by atoms with Crippen molar-refractivity contribution >= 4 is 40.1 Å². The van der Waals surface area contributed by atoms with Gasteiger partial charge in [-0.25, -0.2) is 0 Å². The van der Waals surface area contributed by atoms with Gasteiger partial charge in [0.2, 0.25) is 0 Å². The maximum absolute atomic E-state index is 10.3. The third kappa shape index (κ3) is 6.06. The van der Waals surface area contributed by atoms with Crippen molar-refractivity contribution in [1.29, 1.82) is 0 Å². The number of carboxylic acids is 2. The van der Waals surface area contributed by atoms with Crippen LogP contribution < -0.4 is 10.5 Å². The first-order chi connectivity index (χ1) is 9.97. The summed E-state index contributed by atoms with van der Waals surface area (Å²) >= 11 is -1.49. The molecule has 1 saturated heterocycles. The molecule has 1 heterocycles. The summed E-state index contributed by atoms with van der Waals surface area (Å²) in [6.07, 6.45) is -2.63. The maximum atomic E-state index is 10.3. The number of ether oxygens (including phenoxy) is 1. The topological polar surface area (TPSA) is 160 Å². The van der Waals surface area contributed by atoms with Crippen LogP contribution in [-0.4, -0.2) is 68.9 Å². The SMILES string of the molecule is CCOc1ccccc1N.O.O=C(O)C1[O][Sb][O]C1C(=O)O. The monoisotopic (exact) mass is 424 g/mol. The van der Waals surface area contributed by atoms with Crippen LogP contribution in [0.15, 0.2) is 24.3 Å². The number of nitrogens with two attached hydrogens (primary N) is 1. The van der Waals surface area contributed by atoms with Crippen molar-refractivity contribution in [2.75, 3.05) is 12.3 Å². The Hall–Kier alpha value is -1.54. The molecule has 22 heavy (non-hydrogen) atoms. The van der Waals surface area contributed by atoms with E-state index in [1.807, 2.05) is 31.2 Å². The first kappa shape index (κ1) is 20.5. The summed E-state index contributed by atoms with van der Waals surface area (Å²) in [4.78, 5) is 20.5. The van der Waals surface area contributed by atoms with Crippen molar-refractivity contribution in [3.63, 3.8) is 0 Å². The molecule has 6 N–H and O–H groups in total. The third-order valence-electron chi connectivity index (χ3n) is 2.29. The van der Waals surface area contributed by atoms with E-state index < -0.39 is 46.6 Å². The summed E-state index contributed by atoms with van der Waals surface area (Å²) in [5.41, 5.74) is 6.28. The Kier molecular flexibility index (Phi) is 9.51. The fourth-order valence-corrected chi connectivity index (χ4v) is 3.16. The number of anilines is 1. The van der Waals surface area contributed by atoms with Gasteiger partial charge in [-0.3, -0.25) is 0 Å². The van der Waals surface area contributed by atoms with Gasteiger partial charge in [0.1, 0.15) is 5.75 Å². The molecular weight excluding hydrogens is 408 g/mol. The zero-order valence-corrected chi connectivity index (χ0v) is 14.2. The Balaban J connectivity index is 0.000000385. The van der Waals surface area contributed by atoms with Gasteiger partial charge in [0, 0.05) is 0 Å². The molecule has 1 aromatic rings. The second-order valence-corrected chi connectivity index (χ2v) is 5.40. The zero-order chi connectivity index (χ0) is 15.8. The first-order valence-corrected chi connectivity index (χ1v) is 8.00. The molecule has 0 amide bonds. The Bertz CT molecular complexity index is 478. The Morgan fingerprint density at radius 1 is 1.23 bits per heavy atom. The molecule has 2 atom stereocenters. The van der Waals surface area contributed by atoms with Crippen LogP contribution in [0.25, 0.3) is 0 Å². The van der Waals surface area contributed by atoms with Crippen LogP contribution in [0.2, 0.25) is 0 Å². The molecule has 2 unspecified atom stereocenters. The Morgan fingerprint density at radius 2 is 1.73 bits per heavy atom. The van der Waals surface area contributed by atoms with Crippen molar-refractivity contribution in [2.45, 2.75) is 19.1 Å². The number of rotatable bonds is 4. The van der Waals surface area contributed by atoms with Gasteiger partial charge in [-0.05, 0) is 19.1 Å². The van der Waals surface area contributed by atoms with Crippen molar-refractivity contribution in [2.24, 2.45) is 0 Å². The predicted molar refractivity (Wildman–Crippen MR) is 76.4 cm³/mol. The number of para-hydroxylation sites is 2. The van der Waals surface area contributed by atoms with Gasteiger partial charge in [-0.1, -0.05) is 12.1 Å². The Morgan fingerprint density at radius 3 is 2.14 bits per heavy atom. The number of aliphatic carboxylic acids is 2. The van der Waals surface area contributed by atoms with E-state index in [9.17, 15) is 9.59 Å². The molecule has 0 spiro atoms. The number of hydrogen-bond acceptors (Lipinski definition) is 6. The second kappa shape index (κ2) is 10.2. The third-order valence-corrected chi connectivity index (χ3v) is 4.08. The Labute approximate surface area is 137 Å². The van der Waals surface area contributed by atoms with Crippen LogP contribution in [0, 0.1) is 0 Å². The summed E-state index contributed by atoms with van der Waals surface area (Å²) in [5, 5.41) is 16.8. The van der Waals surface area contributed by atoms with Crippen molar-refractivity contribution in [1.82, 2.24) is 0 Å². The van der Waals surface area contributed by atoms with Crippen LogP contribution in [0.5, 0.6) is 5.75 Å². The number of benzene rings is 1. The molecule has 1 aliphatic rings.